The summed E-state index contributed by atoms with van der Waals surface area (Å²) in [4.78, 5) is 36.4. The van der Waals surface area contributed by atoms with E-state index in [0.717, 1.165) is 5.56 Å². The van der Waals surface area contributed by atoms with Crippen LogP contribution in [0.4, 0.5) is 20.5 Å². The average Bonchev–Trinajstić information content (AvgIpc) is 3.00. The van der Waals surface area contributed by atoms with Crippen molar-refractivity contribution in [2.75, 3.05) is 37.0 Å². The summed E-state index contributed by atoms with van der Waals surface area (Å²) in [5.74, 6) is -4.31. The number of benzene rings is 2. The summed E-state index contributed by atoms with van der Waals surface area (Å²) in [7, 11) is 1.25. The quantitative estimate of drug-likeness (QED) is 0.192. The molecule has 0 spiro atoms. The second-order valence-electron chi connectivity index (χ2n) is 10.8. The van der Waals surface area contributed by atoms with E-state index >= 15 is 0 Å². The summed E-state index contributed by atoms with van der Waals surface area (Å²) in [6, 6.07) is 15.5. The van der Waals surface area contributed by atoms with Crippen LogP contribution in [-0.4, -0.2) is 66.3 Å². The van der Waals surface area contributed by atoms with E-state index in [2.05, 4.69) is 20.6 Å². The largest absolute Gasteiger partial charge is 0.467 e. The molecule has 3 aromatic rings. The first-order valence-electron chi connectivity index (χ1n) is 14.0. The Morgan fingerprint density at radius 3 is 2.35 bits per heavy atom. The monoisotopic (exact) mass is 612 g/mol. The number of halogens is 3. The number of hydrogen-bond donors (Lipinski definition) is 3. The van der Waals surface area contributed by atoms with Crippen molar-refractivity contribution in [1.29, 1.82) is 5.41 Å². The Balaban J connectivity index is 1.67. The Kier molecular flexibility index (Phi) is 10.3. The SMILES string of the molecule is COC(=O)C(NC(=O)c1cnc(N2CCC(F)(F)CC2)nc1NCC(C(=N)c1ccc(Cl)cc1)c1ccccc1)C(C)C. The Bertz CT molecular complexity index is 1430. The molecule has 1 aliphatic heterocycles. The van der Waals surface area contributed by atoms with Crippen LogP contribution in [0.1, 0.15) is 54.1 Å². The lowest BCUT2D eigenvalue weighted by Gasteiger charge is -2.32. The maximum Gasteiger partial charge on any atom is 0.328 e. The minimum absolute atomic E-state index is 0.0591. The highest BCUT2D eigenvalue weighted by molar-refractivity contribution is 6.30. The van der Waals surface area contributed by atoms with Gasteiger partial charge in [-0.05, 0) is 29.2 Å². The Morgan fingerprint density at radius 1 is 1.09 bits per heavy atom. The molecule has 9 nitrogen and oxygen atoms in total. The van der Waals surface area contributed by atoms with Crippen LogP contribution in [0.2, 0.25) is 5.02 Å². The Labute approximate surface area is 254 Å². The molecule has 0 aliphatic carbocycles. The molecule has 12 heteroatoms. The number of nitrogens with one attached hydrogen (secondary N) is 3. The van der Waals surface area contributed by atoms with E-state index in [9.17, 15) is 18.4 Å². The molecular weight excluding hydrogens is 578 g/mol. The predicted molar refractivity (Wildman–Crippen MR) is 162 cm³/mol. The Hall–Kier alpha value is -4.12. The predicted octanol–water partition coefficient (Wildman–Crippen LogP) is 5.56. The molecule has 2 unspecified atom stereocenters. The van der Waals surface area contributed by atoms with Crippen molar-refractivity contribution in [3.05, 3.63) is 82.5 Å². The second-order valence-corrected chi connectivity index (χ2v) is 11.2. The molecule has 0 saturated carbocycles. The highest BCUT2D eigenvalue weighted by atomic mass is 35.5. The summed E-state index contributed by atoms with van der Waals surface area (Å²) < 4.78 is 32.5. The van der Waals surface area contributed by atoms with E-state index < -0.39 is 29.8 Å². The molecule has 2 aromatic carbocycles. The van der Waals surface area contributed by atoms with Gasteiger partial charge in [0.2, 0.25) is 5.95 Å². The van der Waals surface area contributed by atoms with Gasteiger partial charge in [0.05, 0.1) is 7.11 Å². The van der Waals surface area contributed by atoms with Crippen molar-refractivity contribution in [2.45, 2.75) is 44.6 Å². The van der Waals surface area contributed by atoms with Gasteiger partial charge in [0.1, 0.15) is 17.4 Å². The van der Waals surface area contributed by atoms with Crippen LogP contribution in [0.25, 0.3) is 0 Å². The summed E-state index contributed by atoms with van der Waals surface area (Å²) in [6.45, 7) is 3.84. The van der Waals surface area contributed by atoms with E-state index in [1.54, 1.807) is 43.0 Å². The number of rotatable bonds is 11. The Morgan fingerprint density at radius 2 is 1.74 bits per heavy atom. The molecular formula is C31H35ClF2N6O3. The van der Waals surface area contributed by atoms with Crippen LogP contribution < -0.4 is 15.5 Å². The van der Waals surface area contributed by atoms with Crippen LogP contribution in [0.5, 0.6) is 0 Å². The minimum Gasteiger partial charge on any atom is -0.467 e. The summed E-state index contributed by atoms with van der Waals surface area (Å²) in [6.07, 6.45) is 0.666. The molecule has 228 valence electrons. The van der Waals surface area contributed by atoms with Crippen molar-refractivity contribution >= 4 is 41.0 Å². The number of aromatic nitrogens is 2. The van der Waals surface area contributed by atoms with Crippen LogP contribution in [0.3, 0.4) is 0 Å². The molecule has 2 heterocycles. The third kappa shape index (κ3) is 8.04. The first kappa shape index (κ1) is 31.8. The molecule has 0 radical (unpaired) electrons. The zero-order valence-corrected chi connectivity index (χ0v) is 25.0. The minimum atomic E-state index is -2.75. The van der Waals surface area contributed by atoms with Crippen molar-refractivity contribution in [1.82, 2.24) is 15.3 Å². The number of carbonyl (C=O) groups excluding carboxylic acids is 2. The molecule has 0 bridgehead atoms. The molecule has 1 aromatic heterocycles. The number of esters is 1. The summed E-state index contributed by atoms with van der Waals surface area (Å²) >= 11 is 6.07. The fourth-order valence-electron chi connectivity index (χ4n) is 4.80. The highest BCUT2D eigenvalue weighted by Crippen LogP contribution is 2.30. The topological polar surface area (TPSA) is 120 Å². The number of anilines is 2. The number of nitrogens with zero attached hydrogens (tertiary/aromatic N) is 3. The molecule has 1 aliphatic rings. The number of carbonyl (C=O) groups is 2. The average molecular weight is 613 g/mol. The maximum atomic E-state index is 13.8. The third-order valence-electron chi connectivity index (χ3n) is 7.39. The second kappa shape index (κ2) is 13.9. The van der Waals surface area contributed by atoms with Gasteiger partial charge in [-0.15, -0.1) is 0 Å². The van der Waals surface area contributed by atoms with E-state index in [1.807, 2.05) is 30.3 Å². The first-order valence-corrected chi connectivity index (χ1v) is 14.4. The van der Waals surface area contributed by atoms with E-state index in [4.69, 9.17) is 21.7 Å². The van der Waals surface area contributed by atoms with Gasteiger partial charge >= 0.3 is 5.97 Å². The van der Waals surface area contributed by atoms with Crippen LogP contribution in [0, 0.1) is 11.3 Å². The maximum absolute atomic E-state index is 13.8. The fourth-order valence-corrected chi connectivity index (χ4v) is 4.93. The van der Waals surface area contributed by atoms with Crippen LogP contribution >= 0.6 is 11.6 Å². The van der Waals surface area contributed by atoms with Crippen LogP contribution in [-0.2, 0) is 9.53 Å². The van der Waals surface area contributed by atoms with Gasteiger partial charge in [-0.2, -0.15) is 4.98 Å². The molecule has 4 rings (SSSR count). The number of methoxy groups -OCH3 is 1. The zero-order chi connectivity index (χ0) is 31.1. The zero-order valence-electron chi connectivity index (χ0n) is 24.2. The molecule has 1 saturated heterocycles. The number of ether oxygens (including phenoxy) is 1. The number of alkyl halides is 2. The molecule has 1 fully saturated rings. The number of hydrogen-bond acceptors (Lipinski definition) is 8. The lowest BCUT2D eigenvalue weighted by molar-refractivity contribution is -0.144. The van der Waals surface area contributed by atoms with Crippen molar-refractivity contribution in [3.8, 4) is 0 Å². The van der Waals surface area contributed by atoms with Crippen molar-refractivity contribution in [3.63, 3.8) is 0 Å². The summed E-state index contributed by atoms with van der Waals surface area (Å²) in [5.41, 5.74) is 1.91. The molecule has 3 N–H and O–H groups in total. The van der Waals surface area contributed by atoms with E-state index in [1.165, 1.54) is 13.3 Å². The van der Waals surface area contributed by atoms with Crippen LogP contribution in [0.15, 0.2) is 60.8 Å². The van der Waals surface area contributed by atoms with Gasteiger partial charge in [-0.1, -0.05) is 67.9 Å². The van der Waals surface area contributed by atoms with Gasteiger partial charge < -0.3 is 25.7 Å². The van der Waals surface area contributed by atoms with Gasteiger partial charge in [-0.3, -0.25) is 4.79 Å². The smallest absolute Gasteiger partial charge is 0.328 e. The molecule has 43 heavy (non-hydrogen) atoms. The first-order chi connectivity index (χ1) is 20.5. The van der Waals surface area contributed by atoms with Gasteiger partial charge in [0.15, 0.2) is 0 Å². The van der Waals surface area contributed by atoms with Gasteiger partial charge in [-0.25, -0.2) is 18.6 Å². The standard InChI is InChI=1S/C31H35ClF2N6O3/c1-19(2)26(29(42)43-3)38-28(41)24-18-37-30(40-15-13-31(33,34)14-16-40)39-27(24)36-17-23(20-7-5-4-6-8-20)25(35)21-9-11-22(32)12-10-21/h4-12,18-19,23,26,35H,13-17H2,1-3H3,(H,38,41)(H,36,37,39). The molecule has 1 amide bonds. The van der Waals surface area contributed by atoms with E-state index in [0.29, 0.717) is 16.3 Å². The number of amides is 1. The lowest BCUT2D eigenvalue weighted by atomic mass is 9.90. The van der Waals surface area contributed by atoms with E-state index in [-0.39, 0.29) is 55.7 Å². The highest BCUT2D eigenvalue weighted by Gasteiger charge is 2.35. The molecule has 2 atom stereocenters. The van der Waals surface area contributed by atoms with Crippen molar-refractivity contribution in [2.24, 2.45) is 5.92 Å². The summed E-state index contributed by atoms with van der Waals surface area (Å²) in [5, 5.41) is 15.5. The van der Waals surface area contributed by atoms with Crippen molar-refractivity contribution < 1.29 is 23.1 Å². The fraction of sp³-hybridized carbons (Fsp3) is 0.387. The van der Waals surface area contributed by atoms with Gasteiger partial charge in [0.25, 0.3) is 11.8 Å². The lowest BCUT2D eigenvalue weighted by Crippen LogP contribution is -2.45. The number of piperidine rings is 1. The van der Waals surface area contributed by atoms with Gasteiger partial charge in [0, 0.05) is 55.3 Å². The third-order valence-corrected chi connectivity index (χ3v) is 7.64. The normalized spacial score (nSPS) is 15.8.